The van der Waals surface area contributed by atoms with Crippen molar-refractivity contribution in [1.82, 2.24) is 0 Å². The van der Waals surface area contributed by atoms with Crippen LogP contribution in [0.1, 0.15) is 24.2 Å². The summed E-state index contributed by atoms with van der Waals surface area (Å²) in [5.74, 6) is 0.0889. The Hall–Kier alpha value is -2.13. The summed E-state index contributed by atoms with van der Waals surface area (Å²) in [4.78, 5) is 14.4. The Balaban J connectivity index is 2.18. The highest BCUT2D eigenvalue weighted by molar-refractivity contribution is 5.99. The lowest BCUT2D eigenvalue weighted by Crippen LogP contribution is -2.39. The van der Waals surface area contributed by atoms with E-state index in [0.29, 0.717) is 13.2 Å². The second-order valence-corrected chi connectivity index (χ2v) is 4.81. The van der Waals surface area contributed by atoms with Crippen LogP contribution < -0.4 is 4.90 Å². The predicted molar refractivity (Wildman–Crippen MR) is 85.6 cm³/mol. The van der Waals surface area contributed by atoms with Gasteiger partial charge in [0.1, 0.15) is 6.23 Å². The fourth-order valence-electron chi connectivity index (χ4n) is 2.25. The molecule has 0 amide bonds. The van der Waals surface area contributed by atoms with E-state index in [1.165, 1.54) is 0 Å². The highest BCUT2D eigenvalue weighted by Crippen LogP contribution is 2.18. The van der Waals surface area contributed by atoms with Crippen LogP contribution in [0.4, 0.5) is 5.69 Å². The van der Waals surface area contributed by atoms with Crippen LogP contribution in [0.15, 0.2) is 60.7 Å². The maximum absolute atomic E-state index is 12.4. The molecule has 0 spiro atoms. The molecule has 0 bridgehead atoms. The summed E-state index contributed by atoms with van der Waals surface area (Å²) in [5.41, 5.74) is 1.71. The van der Waals surface area contributed by atoms with Crippen LogP contribution in [0.2, 0.25) is 0 Å². The van der Waals surface area contributed by atoms with Crippen molar-refractivity contribution in [3.05, 3.63) is 66.2 Å². The molecular formula is C18H21NO2. The van der Waals surface area contributed by atoms with Gasteiger partial charge >= 0.3 is 0 Å². The second kappa shape index (κ2) is 7.60. The van der Waals surface area contributed by atoms with Gasteiger partial charge in [0.2, 0.25) is 0 Å². The summed E-state index contributed by atoms with van der Waals surface area (Å²) in [6.45, 7) is 4.84. The van der Waals surface area contributed by atoms with E-state index >= 15 is 0 Å². The maximum Gasteiger partial charge on any atom is 0.182 e. The third-order valence-electron chi connectivity index (χ3n) is 3.34. The highest BCUT2D eigenvalue weighted by atomic mass is 16.5. The molecule has 0 aromatic heterocycles. The van der Waals surface area contributed by atoms with Crippen molar-refractivity contribution in [2.45, 2.75) is 20.1 Å². The molecule has 0 radical (unpaired) electrons. The van der Waals surface area contributed by atoms with Gasteiger partial charge in [-0.1, -0.05) is 48.5 Å². The van der Waals surface area contributed by atoms with E-state index in [-0.39, 0.29) is 12.0 Å². The van der Waals surface area contributed by atoms with E-state index in [9.17, 15) is 4.79 Å². The Labute approximate surface area is 126 Å². The van der Waals surface area contributed by atoms with Gasteiger partial charge in [0.15, 0.2) is 5.78 Å². The van der Waals surface area contributed by atoms with Gasteiger partial charge in [-0.3, -0.25) is 4.79 Å². The fraction of sp³-hybridized carbons (Fsp3) is 0.278. The van der Waals surface area contributed by atoms with Crippen molar-refractivity contribution < 1.29 is 9.53 Å². The maximum atomic E-state index is 12.4. The summed E-state index contributed by atoms with van der Waals surface area (Å²) < 4.78 is 5.67. The number of carbonyl (C=O) groups is 1. The lowest BCUT2D eigenvalue weighted by atomic mass is 10.1. The zero-order valence-corrected chi connectivity index (χ0v) is 12.5. The van der Waals surface area contributed by atoms with Crippen LogP contribution in [0.3, 0.4) is 0 Å². The molecule has 0 saturated heterocycles. The zero-order valence-electron chi connectivity index (χ0n) is 12.5. The van der Waals surface area contributed by atoms with Gasteiger partial charge in [-0.2, -0.15) is 0 Å². The van der Waals surface area contributed by atoms with Gasteiger partial charge in [0.05, 0.1) is 6.54 Å². The van der Waals surface area contributed by atoms with Crippen LogP contribution >= 0.6 is 0 Å². The normalized spacial score (nSPS) is 11.9. The van der Waals surface area contributed by atoms with E-state index in [4.69, 9.17) is 4.74 Å². The summed E-state index contributed by atoms with van der Waals surface area (Å²) in [6, 6.07) is 19.2. The summed E-state index contributed by atoms with van der Waals surface area (Å²) in [7, 11) is 0. The molecule has 2 rings (SSSR count). The minimum atomic E-state index is -0.148. The summed E-state index contributed by atoms with van der Waals surface area (Å²) >= 11 is 0. The van der Waals surface area contributed by atoms with Crippen LogP contribution in [0, 0.1) is 0 Å². The Bertz CT molecular complexity index is 554. The molecule has 0 saturated carbocycles. The molecule has 0 aliphatic rings. The first-order chi connectivity index (χ1) is 10.2. The topological polar surface area (TPSA) is 29.5 Å². The quantitative estimate of drug-likeness (QED) is 0.572. The average molecular weight is 283 g/mol. The molecule has 1 atom stereocenters. The number of nitrogens with zero attached hydrogens (tertiary/aromatic N) is 1. The van der Waals surface area contributed by atoms with E-state index in [1.54, 1.807) is 0 Å². The van der Waals surface area contributed by atoms with E-state index in [1.807, 2.05) is 79.4 Å². The van der Waals surface area contributed by atoms with Crippen molar-refractivity contribution in [2.75, 3.05) is 18.1 Å². The zero-order chi connectivity index (χ0) is 15.1. The number of para-hydroxylation sites is 1. The van der Waals surface area contributed by atoms with Gasteiger partial charge in [-0.05, 0) is 26.0 Å². The van der Waals surface area contributed by atoms with E-state index in [0.717, 1.165) is 11.3 Å². The first-order valence-corrected chi connectivity index (χ1v) is 7.24. The first kappa shape index (κ1) is 15.3. The molecule has 2 aromatic carbocycles. The highest BCUT2D eigenvalue weighted by Gasteiger charge is 2.18. The van der Waals surface area contributed by atoms with Crippen molar-refractivity contribution >= 4 is 11.5 Å². The standard InChI is InChI=1S/C18H21NO2/c1-3-21-15(2)19(17-12-8-5-9-13-17)14-18(20)16-10-6-4-7-11-16/h4-13,15H,3,14H2,1-2H3. The largest absolute Gasteiger partial charge is 0.359 e. The number of hydrogen-bond donors (Lipinski definition) is 0. The number of carbonyl (C=O) groups excluding carboxylic acids is 1. The molecule has 21 heavy (non-hydrogen) atoms. The molecule has 0 aliphatic heterocycles. The van der Waals surface area contributed by atoms with Crippen LogP contribution in [-0.2, 0) is 4.74 Å². The van der Waals surface area contributed by atoms with Crippen molar-refractivity contribution in [3.8, 4) is 0 Å². The Kier molecular flexibility index (Phi) is 5.52. The van der Waals surface area contributed by atoms with E-state index < -0.39 is 0 Å². The number of ketones is 1. The lowest BCUT2D eigenvalue weighted by Gasteiger charge is -2.30. The molecule has 1 unspecified atom stereocenters. The minimum Gasteiger partial charge on any atom is -0.359 e. The Morgan fingerprint density at radius 1 is 1.05 bits per heavy atom. The number of Topliss-reactive ketones (excluding diaryl/α,β-unsaturated/α-hetero) is 1. The molecule has 2 aromatic rings. The molecule has 3 nitrogen and oxygen atoms in total. The molecule has 0 heterocycles. The Morgan fingerprint density at radius 2 is 1.62 bits per heavy atom. The predicted octanol–water partition coefficient (Wildman–Crippen LogP) is 3.76. The minimum absolute atomic E-state index is 0.0889. The van der Waals surface area contributed by atoms with Crippen molar-refractivity contribution in [2.24, 2.45) is 0 Å². The molecule has 0 fully saturated rings. The summed E-state index contributed by atoms with van der Waals surface area (Å²) in [6.07, 6.45) is -0.148. The van der Waals surface area contributed by atoms with Gasteiger partial charge in [0.25, 0.3) is 0 Å². The Morgan fingerprint density at radius 3 is 2.19 bits per heavy atom. The molecule has 3 heteroatoms. The number of hydrogen-bond acceptors (Lipinski definition) is 3. The molecule has 0 N–H and O–H groups in total. The smallest absolute Gasteiger partial charge is 0.182 e. The number of ether oxygens (including phenoxy) is 1. The third kappa shape index (κ3) is 4.17. The monoisotopic (exact) mass is 283 g/mol. The van der Waals surface area contributed by atoms with Crippen LogP contribution in [0.25, 0.3) is 0 Å². The number of anilines is 1. The van der Waals surface area contributed by atoms with Gasteiger partial charge in [0, 0.05) is 17.9 Å². The van der Waals surface area contributed by atoms with Crippen LogP contribution in [-0.4, -0.2) is 25.2 Å². The SMILES string of the molecule is CCOC(C)N(CC(=O)c1ccccc1)c1ccccc1. The van der Waals surface area contributed by atoms with Crippen molar-refractivity contribution in [3.63, 3.8) is 0 Å². The third-order valence-corrected chi connectivity index (χ3v) is 3.34. The second-order valence-electron chi connectivity index (χ2n) is 4.81. The fourth-order valence-corrected chi connectivity index (χ4v) is 2.25. The lowest BCUT2D eigenvalue weighted by molar-refractivity contribution is 0.0700. The van der Waals surface area contributed by atoms with E-state index in [2.05, 4.69) is 0 Å². The molecule has 110 valence electrons. The molecular weight excluding hydrogens is 262 g/mol. The number of rotatable bonds is 7. The summed E-state index contributed by atoms with van der Waals surface area (Å²) in [5, 5.41) is 0. The average Bonchev–Trinajstić information content (AvgIpc) is 2.54. The van der Waals surface area contributed by atoms with Crippen molar-refractivity contribution in [1.29, 1.82) is 0 Å². The van der Waals surface area contributed by atoms with Gasteiger partial charge in [-0.25, -0.2) is 0 Å². The number of benzene rings is 2. The molecule has 0 aliphatic carbocycles. The van der Waals surface area contributed by atoms with Crippen LogP contribution in [0.5, 0.6) is 0 Å². The first-order valence-electron chi connectivity index (χ1n) is 7.24. The van der Waals surface area contributed by atoms with Gasteiger partial charge in [-0.15, -0.1) is 0 Å². The van der Waals surface area contributed by atoms with Gasteiger partial charge < -0.3 is 9.64 Å².